The number of imidazole rings is 1. The summed E-state index contributed by atoms with van der Waals surface area (Å²) in [5, 5.41) is 1.38. The summed E-state index contributed by atoms with van der Waals surface area (Å²) in [4.78, 5) is 5.24. The number of hydrogen-bond acceptors (Lipinski definition) is 2. The Balaban J connectivity index is 1.55. The van der Waals surface area contributed by atoms with Crippen LogP contribution < -0.4 is 0 Å². The van der Waals surface area contributed by atoms with Gasteiger partial charge in [-0.25, -0.2) is 4.98 Å². The molecule has 0 saturated heterocycles. The third kappa shape index (κ3) is 4.91. The Hall–Kier alpha value is -1.68. The predicted molar refractivity (Wildman–Crippen MR) is 104 cm³/mol. The molecule has 2 nitrogen and oxygen atoms in total. The van der Waals surface area contributed by atoms with Crippen molar-refractivity contribution in [2.75, 3.05) is 0 Å². The van der Waals surface area contributed by atoms with E-state index in [1.54, 1.807) is 24.0 Å². The lowest BCUT2D eigenvalue weighted by atomic mass is 10.2. The number of benzene rings is 2. The monoisotopic (exact) mass is 374 g/mol. The second kappa shape index (κ2) is 8.43. The maximum absolute atomic E-state index is 6.21. The second-order valence-electron chi connectivity index (χ2n) is 5.26. The van der Waals surface area contributed by atoms with E-state index < -0.39 is 0 Å². The summed E-state index contributed by atoms with van der Waals surface area (Å²) < 4.78 is 2.02. The first-order valence-corrected chi connectivity index (χ1v) is 9.24. The standard InChI is InChI=1S/C19H16Cl2N2S/c20-17-6-5-16(19(21)12-17)13-24-18-7-3-15(4-8-18)2-1-10-23-11-9-22-14-23/h1-9,11-12,14H,10,13H2. The highest BCUT2D eigenvalue weighted by atomic mass is 35.5. The Morgan fingerprint density at radius 3 is 2.62 bits per heavy atom. The van der Waals surface area contributed by atoms with E-state index in [0.29, 0.717) is 10.0 Å². The van der Waals surface area contributed by atoms with Crippen molar-refractivity contribution in [2.45, 2.75) is 17.2 Å². The summed E-state index contributed by atoms with van der Waals surface area (Å²) in [6, 6.07) is 14.1. The lowest BCUT2D eigenvalue weighted by Gasteiger charge is -2.05. The number of thioether (sulfide) groups is 1. The lowest BCUT2D eigenvalue weighted by Crippen LogP contribution is -1.89. The number of aromatic nitrogens is 2. The molecule has 3 aromatic rings. The zero-order valence-corrected chi connectivity index (χ0v) is 15.2. The van der Waals surface area contributed by atoms with Gasteiger partial charge in [-0.15, -0.1) is 11.8 Å². The topological polar surface area (TPSA) is 17.8 Å². The number of nitrogens with zero attached hydrogens (tertiary/aromatic N) is 2. The van der Waals surface area contributed by atoms with E-state index in [0.717, 1.165) is 17.9 Å². The third-order valence-corrected chi connectivity index (χ3v) is 5.12. The van der Waals surface area contributed by atoms with E-state index in [1.807, 2.05) is 29.2 Å². The maximum atomic E-state index is 6.21. The van der Waals surface area contributed by atoms with Gasteiger partial charge in [-0.3, -0.25) is 0 Å². The molecule has 0 amide bonds. The molecule has 0 aliphatic heterocycles. The molecule has 0 aliphatic rings. The summed E-state index contributed by atoms with van der Waals surface area (Å²) >= 11 is 13.9. The fourth-order valence-electron chi connectivity index (χ4n) is 2.18. The fourth-order valence-corrected chi connectivity index (χ4v) is 3.64. The SMILES string of the molecule is Clc1ccc(CSc2ccc(C=CCn3ccnc3)cc2)c(Cl)c1. The molecular formula is C19H16Cl2N2S. The van der Waals surface area contributed by atoms with Crippen LogP contribution in [0.4, 0.5) is 0 Å². The predicted octanol–water partition coefficient (Wildman–Crippen LogP) is 6.20. The Bertz CT molecular complexity index is 812. The average molecular weight is 375 g/mol. The summed E-state index contributed by atoms with van der Waals surface area (Å²) in [6.45, 7) is 0.825. The van der Waals surface area contributed by atoms with Crippen molar-refractivity contribution in [1.29, 1.82) is 0 Å². The number of allylic oxidation sites excluding steroid dienone is 1. The molecular weight excluding hydrogens is 359 g/mol. The van der Waals surface area contributed by atoms with E-state index in [2.05, 4.69) is 41.4 Å². The number of halogens is 2. The van der Waals surface area contributed by atoms with Crippen molar-refractivity contribution in [1.82, 2.24) is 9.55 Å². The van der Waals surface area contributed by atoms with Gasteiger partial charge in [-0.2, -0.15) is 0 Å². The van der Waals surface area contributed by atoms with Crippen molar-refractivity contribution >= 4 is 41.0 Å². The van der Waals surface area contributed by atoms with Crippen LogP contribution in [0, 0.1) is 0 Å². The van der Waals surface area contributed by atoms with E-state index in [1.165, 1.54) is 10.5 Å². The van der Waals surface area contributed by atoms with Crippen LogP contribution in [0.1, 0.15) is 11.1 Å². The van der Waals surface area contributed by atoms with Crippen molar-refractivity contribution in [3.05, 3.63) is 88.4 Å². The van der Waals surface area contributed by atoms with E-state index in [-0.39, 0.29) is 0 Å². The molecule has 0 saturated carbocycles. The zero-order valence-electron chi connectivity index (χ0n) is 12.9. The van der Waals surface area contributed by atoms with Gasteiger partial charge >= 0.3 is 0 Å². The van der Waals surface area contributed by atoms with Gasteiger partial charge in [0.2, 0.25) is 0 Å². The molecule has 5 heteroatoms. The Kier molecular flexibility index (Phi) is 6.02. The highest BCUT2D eigenvalue weighted by molar-refractivity contribution is 7.98. The number of rotatable bonds is 6. The molecule has 122 valence electrons. The molecule has 0 spiro atoms. The molecule has 2 aromatic carbocycles. The molecule has 0 aliphatic carbocycles. The van der Waals surface area contributed by atoms with Crippen LogP contribution in [0.15, 0.2) is 72.2 Å². The first kappa shape index (κ1) is 17.2. The van der Waals surface area contributed by atoms with Crippen LogP contribution in [-0.4, -0.2) is 9.55 Å². The molecule has 1 aromatic heterocycles. The quantitative estimate of drug-likeness (QED) is 0.478. The second-order valence-corrected chi connectivity index (χ2v) is 7.15. The van der Waals surface area contributed by atoms with Gasteiger partial charge in [0.05, 0.1) is 6.33 Å². The molecule has 0 radical (unpaired) electrons. The van der Waals surface area contributed by atoms with Gasteiger partial charge in [-0.05, 0) is 35.4 Å². The van der Waals surface area contributed by atoms with Crippen molar-refractivity contribution in [3.8, 4) is 0 Å². The summed E-state index contributed by atoms with van der Waals surface area (Å²) in [5.41, 5.74) is 2.28. The van der Waals surface area contributed by atoms with Gasteiger partial charge < -0.3 is 4.57 Å². The Labute approximate surface area is 156 Å². The molecule has 24 heavy (non-hydrogen) atoms. The minimum Gasteiger partial charge on any atom is -0.334 e. The summed E-state index contributed by atoms with van der Waals surface area (Å²) in [6.07, 6.45) is 9.78. The first-order valence-electron chi connectivity index (χ1n) is 7.50. The zero-order chi connectivity index (χ0) is 16.8. The van der Waals surface area contributed by atoms with E-state index in [4.69, 9.17) is 23.2 Å². The van der Waals surface area contributed by atoms with Crippen LogP contribution in [0.25, 0.3) is 6.08 Å². The molecule has 3 rings (SSSR count). The van der Waals surface area contributed by atoms with Gasteiger partial charge in [0.15, 0.2) is 0 Å². The van der Waals surface area contributed by atoms with Crippen LogP contribution in [0.5, 0.6) is 0 Å². The van der Waals surface area contributed by atoms with Gasteiger partial charge in [0.25, 0.3) is 0 Å². The molecule has 0 unspecified atom stereocenters. The highest BCUT2D eigenvalue weighted by Crippen LogP contribution is 2.28. The largest absolute Gasteiger partial charge is 0.334 e. The van der Waals surface area contributed by atoms with E-state index in [9.17, 15) is 0 Å². The maximum Gasteiger partial charge on any atom is 0.0948 e. The third-order valence-electron chi connectivity index (χ3n) is 3.48. The summed E-state index contributed by atoms with van der Waals surface area (Å²) in [7, 11) is 0. The smallest absolute Gasteiger partial charge is 0.0948 e. The lowest BCUT2D eigenvalue weighted by molar-refractivity contribution is 0.823. The van der Waals surface area contributed by atoms with Crippen LogP contribution >= 0.6 is 35.0 Å². The minimum absolute atomic E-state index is 0.667. The average Bonchev–Trinajstić information content (AvgIpc) is 3.09. The van der Waals surface area contributed by atoms with Crippen molar-refractivity contribution in [2.24, 2.45) is 0 Å². The molecule has 0 fully saturated rings. The van der Waals surface area contributed by atoms with Gasteiger partial charge in [-0.1, -0.05) is 53.6 Å². The molecule has 0 bridgehead atoms. The molecule has 0 atom stereocenters. The molecule has 1 heterocycles. The Morgan fingerprint density at radius 2 is 1.92 bits per heavy atom. The van der Waals surface area contributed by atoms with Crippen molar-refractivity contribution < 1.29 is 0 Å². The highest BCUT2D eigenvalue weighted by Gasteiger charge is 2.02. The first-order chi connectivity index (χ1) is 11.7. The van der Waals surface area contributed by atoms with Gasteiger partial charge in [0, 0.05) is 39.6 Å². The van der Waals surface area contributed by atoms with Crippen molar-refractivity contribution in [3.63, 3.8) is 0 Å². The molecule has 0 N–H and O–H groups in total. The van der Waals surface area contributed by atoms with Gasteiger partial charge in [0.1, 0.15) is 0 Å². The van der Waals surface area contributed by atoms with Crippen LogP contribution in [-0.2, 0) is 12.3 Å². The van der Waals surface area contributed by atoms with Crippen LogP contribution in [0.2, 0.25) is 10.0 Å². The normalized spacial score (nSPS) is 11.2. The summed E-state index contributed by atoms with van der Waals surface area (Å²) in [5.74, 6) is 0.825. The number of hydrogen-bond donors (Lipinski definition) is 0. The minimum atomic E-state index is 0.667. The van der Waals surface area contributed by atoms with E-state index >= 15 is 0 Å². The van der Waals surface area contributed by atoms with Crippen LogP contribution in [0.3, 0.4) is 0 Å². The Morgan fingerprint density at radius 1 is 1.08 bits per heavy atom. The fraction of sp³-hybridized carbons (Fsp3) is 0.105.